The first-order chi connectivity index (χ1) is 15.0. The lowest BCUT2D eigenvalue weighted by atomic mass is 9.95. The Bertz CT molecular complexity index is 875. The lowest BCUT2D eigenvalue weighted by Crippen LogP contribution is -2.52. The van der Waals surface area contributed by atoms with Gasteiger partial charge in [-0.2, -0.15) is 0 Å². The second-order valence-electron chi connectivity index (χ2n) is 8.52. The van der Waals surface area contributed by atoms with Crippen LogP contribution in [0.4, 0.5) is 4.39 Å². The van der Waals surface area contributed by atoms with Gasteiger partial charge in [0, 0.05) is 12.6 Å². The topological polar surface area (TPSA) is 49.4 Å². The Labute approximate surface area is 184 Å². The van der Waals surface area contributed by atoms with Crippen molar-refractivity contribution in [1.29, 1.82) is 0 Å². The van der Waals surface area contributed by atoms with Gasteiger partial charge >= 0.3 is 0 Å². The molecule has 166 valence electrons. The van der Waals surface area contributed by atoms with Gasteiger partial charge in [-0.1, -0.05) is 62.6 Å². The van der Waals surface area contributed by atoms with Gasteiger partial charge in [0.1, 0.15) is 11.9 Å². The third kappa shape index (κ3) is 6.39. The van der Waals surface area contributed by atoms with Gasteiger partial charge in [0.05, 0.1) is 6.42 Å². The fourth-order valence-electron chi connectivity index (χ4n) is 4.32. The number of hydrogen-bond acceptors (Lipinski definition) is 2. The summed E-state index contributed by atoms with van der Waals surface area (Å²) in [5, 5.41) is 3.18. The van der Waals surface area contributed by atoms with Crippen molar-refractivity contribution in [1.82, 2.24) is 10.2 Å². The van der Waals surface area contributed by atoms with Crippen LogP contribution < -0.4 is 5.32 Å². The molecule has 3 rings (SSSR count). The van der Waals surface area contributed by atoms with Crippen LogP contribution in [0.2, 0.25) is 0 Å². The lowest BCUT2D eigenvalue weighted by Gasteiger charge is -2.33. The van der Waals surface area contributed by atoms with Gasteiger partial charge in [0.15, 0.2) is 0 Å². The second-order valence-corrected chi connectivity index (χ2v) is 8.52. The largest absolute Gasteiger partial charge is 0.352 e. The first kappa shape index (κ1) is 23.0. The molecule has 5 heteroatoms. The Morgan fingerprint density at radius 2 is 1.74 bits per heavy atom. The minimum absolute atomic E-state index is 0.0883. The summed E-state index contributed by atoms with van der Waals surface area (Å²) in [5.41, 5.74) is 2.82. The summed E-state index contributed by atoms with van der Waals surface area (Å²) < 4.78 is 13.4. The normalized spacial score (nSPS) is 15.3. The molecule has 1 saturated carbocycles. The number of aryl methyl sites for hydroxylation is 1. The SMILES string of the molecule is CC[C@@H](C(=O)NC1CCCCC1)N(Cc1ccc(F)cc1)C(=O)Cc1ccccc1C. The Balaban J connectivity index is 1.81. The van der Waals surface area contributed by atoms with E-state index in [1.807, 2.05) is 38.1 Å². The van der Waals surface area contributed by atoms with Gasteiger partial charge < -0.3 is 10.2 Å². The number of carbonyl (C=O) groups excluding carboxylic acids is 2. The second kappa shape index (κ2) is 11.1. The highest BCUT2D eigenvalue weighted by Gasteiger charge is 2.30. The molecule has 0 aromatic heterocycles. The molecule has 2 amide bonds. The first-order valence-electron chi connectivity index (χ1n) is 11.4. The average molecular weight is 425 g/mol. The molecule has 1 atom stereocenters. The molecule has 0 aliphatic heterocycles. The number of nitrogens with zero attached hydrogens (tertiary/aromatic N) is 1. The summed E-state index contributed by atoms with van der Waals surface area (Å²) in [4.78, 5) is 28.3. The molecular weight excluding hydrogens is 391 g/mol. The molecular formula is C26H33FN2O2. The van der Waals surface area contributed by atoms with E-state index in [-0.39, 0.29) is 36.6 Å². The predicted molar refractivity (Wildman–Crippen MR) is 121 cm³/mol. The maximum absolute atomic E-state index is 13.4. The van der Waals surface area contributed by atoms with E-state index in [2.05, 4.69) is 5.32 Å². The van der Waals surface area contributed by atoms with E-state index >= 15 is 0 Å². The summed E-state index contributed by atoms with van der Waals surface area (Å²) >= 11 is 0. The molecule has 0 saturated heterocycles. The standard InChI is InChI=1S/C26H33FN2O2/c1-3-24(26(31)28-23-11-5-4-6-12-23)29(18-20-13-15-22(27)16-14-20)25(30)17-21-10-8-7-9-19(21)2/h7-10,13-16,23-24H,3-6,11-12,17-18H2,1-2H3,(H,28,31)/t24-/m0/s1. The van der Waals surface area contributed by atoms with Crippen LogP contribution in [0.25, 0.3) is 0 Å². The molecule has 0 heterocycles. The molecule has 4 nitrogen and oxygen atoms in total. The van der Waals surface area contributed by atoms with Crippen LogP contribution >= 0.6 is 0 Å². The van der Waals surface area contributed by atoms with Crippen LogP contribution in [0.5, 0.6) is 0 Å². The minimum atomic E-state index is -0.552. The highest BCUT2D eigenvalue weighted by Crippen LogP contribution is 2.20. The van der Waals surface area contributed by atoms with Crippen molar-refractivity contribution in [3.05, 3.63) is 71.0 Å². The minimum Gasteiger partial charge on any atom is -0.352 e. The Morgan fingerprint density at radius 3 is 2.39 bits per heavy atom. The Kier molecular flexibility index (Phi) is 8.21. The quantitative estimate of drug-likeness (QED) is 0.653. The van der Waals surface area contributed by atoms with E-state index in [0.29, 0.717) is 6.42 Å². The molecule has 0 radical (unpaired) electrons. The number of carbonyl (C=O) groups is 2. The monoisotopic (exact) mass is 424 g/mol. The molecule has 1 aliphatic rings. The molecule has 1 N–H and O–H groups in total. The highest BCUT2D eigenvalue weighted by atomic mass is 19.1. The van der Waals surface area contributed by atoms with Crippen LogP contribution in [0.15, 0.2) is 48.5 Å². The molecule has 0 unspecified atom stereocenters. The van der Waals surface area contributed by atoms with Gasteiger partial charge in [-0.15, -0.1) is 0 Å². The summed E-state index contributed by atoms with van der Waals surface area (Å²) in [6, 6.07) is 13.6. The Morgan fingerprint density at radius 1 is 1.06 bits per heavy atom. The molecule has 1 fully saturated rings. The maximum Gasteiger partial charge on any atom is 0.243 e. The molecule has 1 aliphatic carbocycles. The number of hydrogen-bond donors (Lipinski definition) is 1. The van der Waals surface area contributed by atoms with Gasteiger partial charge in [0.25, 0.3) is 0 Å². The van der Waals surface area contributed by atoms with E-state index in [9.17, 15) is 14.0 Å². The number of benzene rings is 2. The fourth-order valence-corrected chi connectivity index (χ4v) is 4.32. The van der Waals surface area contributed by atoms with Crippen LogP contribution in [0.3, 0.4) is 0 Å². The number of halogens is 1. The fraction of sp³-hybridized carbons (Fsp3) is 0.462. The summed E-state index contributed by atoms with van der Waals surface area (Å²) in [6.45, 7) is 4.20. The molecule has 31 heavy (non-hydrogen) atoms. The lowest BCUT2D eigenvalue weighted by molar-refractivity contribution is -0.141. The van der Waals surface area contributed by atoms with Crippen LogP contribution in [0, 0.1) is 12.7 Å². The third-order valence-electron chi connectivity index (χ3n) is 6.21. The van der Waals surface area contributed by atoms with E-state index < -0.39 is 6.04 Å². The summed E-state index contributed by atoms with van der Waals surface area (Å²) in [6.07, 6.45) is 6.24. The van der Waals surface area contributed by atoms with Crippen molar-refractivity contribution in [2.24, 2.45) is 0 Å². The first-order valence-corrected chi connectivity index (χ1v) is 11.4. The van der Waals surface area contributed by atoms with E-state index in [4.69, 9.17) is 0 Å². The average Bonchev–Trinajstić information content (AvgIpc) is 2.77. The summed E-state index contributed by atoms with van der Waals surface area (Å²) in [5.74, 6) is -0.498. The van der Waals surface area contributed by atoms with Gasteiger partial charge in [-0.25, -0.2) is 4.39 Å². The number of rotatable bonds is 8. The van der Waals surface area contributed by atoms with Crippen molar-refractivity contribution in [3.63, 3.8) is 0 Å². The van der Waals surface area contributed by atoms with Gasteiger partial charge in [0.2, 0.25) is 11.8 Å². The molecule has 2 aromatic rings. The van der Waals surface area contributed by atoms with Gasteiger partial charge in [-0.05, 0) is 55.0 Å². The molecule has 0 bridgehead atoms. The zero-order valence-corrected chi connectivity index (χ0v) is 18.6. The highest BCUT2D eigenvalue weighted by molar-refractivity contribution is 5.88. The van der Waals surface area contributed by atoms with Crippen molar-refractivity contribution >= 4 is 11.8 Å². The van der Waals surface area contributed by atoms with Crippen molar-refractivity contribution < 1.29 is 14.0 Å². The number of amides is 2. The zero-order valence-electron chi connectivity index (χ0n) is 18.6. The smallest absolute Gasteiger partial charge is 0.243 e. The Hall–Kier alpha value is -2.69. The van der Waals surface area contributed by atoms with Crippen molar-refractivity contribution in [3.8, 4) is 0 Å². The van der Waals surface area contributed by atoms with Crippen molar-refractivity contribution in [2.75, 3.05) is 0 Å². The van der Waals surface area contributed by atoms with Gasteiger partial charge in [-0.3, -0.25) is 9.59 Å². The molecule has 0 spiro atoms. The zero-order chi connectivity index (χ0) is 22.2. The van der Waals surface area contributed by atoms with E-state index in [1.165, 1.54) is 18.6 Å². The maximum atomic E-state index is 13.4. The number of nitrogens with one attached hydrogen (secondary N) is 1. The van der Waals surface area contributed by atoms with Crippen LogP contribution in [0.1, 0.15) is 62.1 Å². The van der Waals surface area contributed by atoms with E-state index in [0.717, 1.165) is 42.4 Å². The van der Waals surface area contributed by atoms with E-state index in [1.54, 1.807) is 17.0 Å². The predicted octanol–water partition coefficient (Wildman–Crippen LogP) is 4.93. The third-order valence-corrected chi connectivity index (χ3v) is 6.21. The van der Waals surface area contributed by atoms with Crippen LogP contribution in [-0.4, -0.2) is 28.8 Å². The molecule has 2 aromatic carbocycles. The van der Waals surface area contributed by atoms with Crippen molar-refractivity contribution in [2.45, 2.75) is 77.4 Å². The van der Waals surface area contributed by atoms with Crippen LogP contribution in [-0.2, 0) is 22.6 Å². The summed E-state index contributed by atoms with van der Waals surface area (Å²) in [7, 11) is 0.